The highest BCUT2D eigenvalue weighted by atomic mass is 35.5. The van der Waals surface area contributed by atoms with E-state index < -0.39 is 11.6 Å². The summed E-state index contributed by atoms with van der Waals surface area (Å²) >= 11 is 5.79. The zero-order valence-corrected chi connectivity index (χ0v) is 13.8. The van der Waals surface area contributed by atoms with Crippen molar-refractivity contribution in [1.29, 1.82) is 0 Å². The summed E-state index contributed by atoms with van der Waals surface area (Å²) < 4.78 is 19.1. The molecule has 7 heteroatoms. The quantitative estimate of drug-likeness (QED) is 0.824. The number of carbonyl (C=O) groups is 2. The molecule has 4 saturated carbocycles. The summed E-state index contributed by atoms with van der Waals surface area (Å²) in [7, 11) is 0. The van der Waals surface area contributed by atoms with Gasteiger partial charge < -0.3 is 15.4 Å². The van der Waals surface area contributed by atoms with Crippen molar-refractivity contribution in [3.05, 3.63) is 29.3 Å². The molecule has 1 aromatic rings. The molecule has 5 rings (SSSR count). The first kappa shape index (κ1) is 15.7. The maximum Gasteiger partial charge on any atom is 0.258 e. The third kappa shape index (κ3) is 2.73. The van der Waals surface area contributed by atoms with Gasteiger partial charge in [0.2, 0.25) is 0 Å². The van der Waals surface area contributed by atoms with Crippen LogP contribution in [0.3, 0.4) is 0 Å². The van der Waals surface area contributed by atoms with Gasteiger partial charge in [-0.15, -0.1) is 0 Å². The van der Waals surface area contributed by atoms with Crippen molar-refractivity contribution < 1.29 is 18.7 Å². The molecule has 0 radical (unpaired) electrons. The second-order valence-electron chi connectivity index (χ2n) is 7.30. The van der Waals surface area contributed by atoms with Gasteiger partial charge in [-0.25, -0.2) is 4.39 Å². The molecular formula is C17H18ClFN2O3. The third-order valence-electron chi connectivity index (χ3n) is 5.09. The fraction of sp³-hybridized carbons (Fsp3) is 0.529. The first-order valence-corrected chi connectivity index (χ1v) is 8.41. The topological polar surface area (TPSA) is 67.4 Å². The van der Waals surface area contributed by atoms with Crippen molar-refractivity contribution >= 4 is 23.4 Å². The van der Waals surface area contributed by atoms with Crippen LogP contribution >= 0.6 is 11.6 Å². The molecule has 0 aliphatic heterocycles. The Morgan fingerprint density at radius 2 is 1.67 bits per heavy atom. The van der Waals surface area contributed by atoms with Gasteiger partial charge in [0.1, 0.15) is 5.75 Å². The molecule has 0 saturated heterocycles. The summed E-state index contributed by atoms with van der Waals surface area (Å²) in [6, 6.07) is 6.79. The highest BCUT2D eigenvalue weighted by molar-refractivity contribution is 6.30. The van der Waals surface area contributed by atoms with Gasteiger partial charge in [-0.1, -0.05) is 11.6 Å². The summed E-state index contributed by atoms with van der Waals surface area (Å²) in [5.41, 5.74) is -2.22. The van der Waals surface area contributed by atoms with E-state index >= 15 is 0 Å². The van der Waals surface area contributed by atoms with Crippen LogP contribution in [0.1, 0.15) is 32.1 Å². The normalized spacial score (nSPS) is 31.2. The zero-order chi connectivity index (χ0) is 17.0. The molecule has 2 amide bonds. The summed E-state index contributed by atoms with van der Waals surface area (Å²) in [5.74, 6) is -0.115. The molecule has 0 atom stereocenters. The van der Waals surface area contributed by atoms with Gasteiger partial charge in [-0.2, -0.15) is 0 Å². The van der Waals surface area contributed by atoms with E-state index in [0.717, 1.165) is 0 Å². The molecular weight excluding hydrogens is 335 g/mol. The average molecular weight is 353 g/mol. The molecule has 5 nitrogen and oxygen atoms in total. The van der Waals surface area contributed by atoms with Gasteiger partial charge in [-0.3, -0.25) is 9.59 Å². The number of hydrogen-bond donors (Lipinski definition) is 2. The number of hydrogen-bond acceptors (Lipinski definition) is 3. The van der Waals surface area contributed by atoms with E-state index in [2.05, 4.69) is 10.6 Å². The van der Waals surface area contributed by atoms with E-state index in [1.165, 1.54) is 0 Å². The minimum absolute atomic E-state index is 0.0731. The Labute approximate surface area is 143 Å². The van der Waals surface area contributed by atoms with Crippen LogP contribution in [0, 0.1) is 0 Å². The SMILES string of the molecule is O=C(COc1ccc(Cl)cc1)NC12CC(NC(=O)C3(F)CC3)(C1)C2. The van der Waals surface area contributed by atoms with Crippen LogP contribution in [0.25, 0.3) is 0 Å². The Morgan fingerprint density at radius 1 is 1.08 bits per heavy atom. The van der Waals surface area contributed by atoms with E-state index in [-0.39, 0.29) is 23.6 Å². The Hall–Kier alpha value is -1.82. The smallest absolute Gasteiger partial charge is 0.258 e. The van der Waals surface area contributed by atoms with Gasteiger partial charge in [0, 0.05) is 16.1 Å². The van der Waals surface area contributed by atoms with Crippen molar-refractivity contribution in [2.75, 3.05) is 6.61 Å². The number of ether oxygens (including phenoxy) is 1. The van der Waals surface area contributed by atoms with Gasteiger partial charge in [0.05, 0.1) is 0 Å². The third-order valence-corrected chi connectivity index (χ3v) is 5.35. The molecule has 0 unspecified atom stereocenters. The first-order chi connectivity index (χ1) is 11.3. The number of nitrogens with one attached hydrogen (secondary N) is 2. The van der Waals surface area contributed by atoms with Gasteiger partial charge in [0.25, 0.3) is 11.8 Å². The molecule has 4 aliphatic carbocycles. The highest BCUT2D eigenvalue weighted by Crippen LogP contribution is 2.60. The van der Waals surface area contributed by atoms with Crippen molar-refractivity contribution in [3.8, 4) is 5.75 Å². The Balaban J connectivity index is 1.21. The van der Waals surface area contributed by atoms with Crippen molar-refractivity contribution in [2.45, 2.75) is 48.9 Å². The maximum atomic E-state index is 13.7. The molecule has 1 aromatic carbocycles. The molecule has 4 fully saturated rings. The molecule has 0 aromatic heterocycles. The fourth-order valence-electron chi connectivity index (χ4n) is 3.75. The minimum Gasteiger partial charge on any atom is -0.484 e. The van der Waals surface area contributed by atoms with Gasteiger partial charge >= 0.3 is 0 Å². The lowest BCUT2D eigenvalue weighted by Crippen LogP contribution is -2.84. The number of amides is 2. The largest absolute Gasteiger partial charge is 0.484 e. The fourth-order valence-corrected chi connectivity index (χ4v) is 3.88. The van der Waals surface area contributed by atoms with Crippen LogP contribution in [0.15, 0.2) is 24.3 Å². The van der Waals surface area contributed by atoms with Crippen LogP contribution in [-0.4, -0.2) is 35.2 Å². The number of halogens is 2. The van der Waals surface area contributed by atoms with Crippen LogP contribution < -0.4 is 15.4 Å². The Bertz CT molecular complexity index is 683. The average Bonchev–Trinajstić information content (AvgIpc) is 3.22. The molecule has 0 spiro atoms. The highest BCUT2D eigenvalue weighted by Gasteiger charge is 2.70. The van der Waals surface area contributed by atoms with Gasteiger partial charge in [0.15, 0.2) is 12.3 Å². The lowest BCUT2D eigenvalue weighted by molar-refractivity contribution is -0.153. The molecule has 24 heavy (non-hydrogen) atoms. The molecule has 2 bridgehead atoms. The summed E-state index contributed by atoms with van der Waals surface area (Å²) in [6.45, 7) is -0.0731. The molecule has 128 valence electrons. The van der Waals surface area contributed by atoms with E-state index in [1.807, 2.05) is 0 Å². The number of benzene rings is 1. The molecule has 4 aliphatic rings. The lowest BCUT2D eigenvalue weighted by Gasteiger charge is -2.70. The van der Waals surface area contributed by atoms with E-state index in [1.54, 1.807) is 24.3 Å². The van der Waals surface area contributed by atoms with Crippen molar-refractivity contribution in [2.24, 2.45) is 0 Å². The lowest BCUT2D eigenvalue weighted by atomic mass is 9.44. The van der Waals surface area contributed by atoms with E-state index in [0.29, 0.717) is 42.9 Å². The molecule has 0 heterocycles. The Kier molecular flexibility index (Phi) is 3.33. The van der Waals surface area contributed by atoms with E-state index in [9.17, 15) is 14.0 Å². The van der Waals surface area contributed by atoms with Crippen LogP contribution in [0.4, 0.5) is 4.39 Å². The second kappa shape index (κ2) is 5.09. The number of alkyl halides is 1. The number of rotatable bonds is 6. The van der Waals surface area contributed by atoms with Crippen LogP contribution in [-0.2, 0) is 9.59 Å². The summed E-state index contributed by atoms with van der Waals surface area (Å²) in [5, 5.41) is 6.38. The maximum absolute atomic E-state index is 13.7. The molecule has 2 N–H and O–H groups in total. The standard InChI is InChI=1S/C17H18ClFN2O3/c18-11-1-3-12(4-2-11)24-7-13(22)20-15-8-16(9-15,10-15)21-14(23)17(19)5-6-17/h1-4H,5-10H2,(H,20,22)(H,21,23). The first-order valence-electron chi connectivity index (χ1n) is 8.03. The second-order valence-corrected chi connectivity index (χ2v) is 7.74. The van der Waals surface area contributed by atoms with Crippen molar-refractivity contribution in [1.82, 2.24) is 10.6 Å². The summed E-state index contributed by atoms with van der Waals surface area (Å²) in [6.07, 6.45) is 2.62. The predicted molar refractivity (Wildman–Crippen MR) is 85.6 cm³/mol. The predicted octanol–water partition coefficient (Wildman–Crippen LogP) is 2.13. The van der Waals surface area contributed by atoms with Gasteiger partial charge in [-0.05, 0) is 56.4 Å². The number of carbonyl (C=O) groups excluding carboxylic acids is 2. The Morgan fingerprint density at radius 3 is 2.25 bits per heavy atom. The van der Waals surface area contributed by atoms with E-state index in [4.69, 9.17) is 16.3 Å². The minimum atomic E-state index is -1.64. The monoisotopic (exact) mass is 352 g/mol. The van der Waals surface area contributed by atoms with Crippen molar-refractivity contribution in [3.63, 3.8) is 0 Å². The zero-order valence-electron chi connectivity index (χ0n) is 13.0. The summed E-state index contributed by atoms with van der Waals surface area (Å²) in [4.78, 5) is 23.8. The van der Waals surface area contributed by atoms with Crippen LogP contribution in [0.2, 0.25) is 5.02 Å². The van der Waals surface area contributed by atoms with Crippen LogP contribution in [0.5, 0.6) is 5.75 Å².